The van der Waals surface area contributed by atoms with Gasteiger partial charge < -0.3 is 10.1 Å². The molecule has 0 bridgehead atoms. The van der Waals surface area contributed by atoms with Crippen molar-refractivity contribution in [2.24, 2.45) is 0 Å². The predicted molar refractivity (Wildman–Crippen MR) is 121 cm³/mol. The van der Waals surface area contributed by atoms with Crippen molar-refractivity contribution in [3.63, 3.8) is 0 Å². The molecule has 0 spiro atoms. The lowest BCUT2D eigenvalue weighted by Crippen LogP contribution is -2.38. The molecule has 0 aromatic heterocycles. The third-order valence-corrected chi connectivity index (χ3v) is 6.29. The second kappa shape index (κ2) is 9.86. The van der Waals surface area contributed by atoms with Crippen molar-refractivity contribution in [2.75, 3.05) is 10.7 Å². The van der Waals surface area contributed by atoms with E-state index in [1.807, 2.05) is 6.92 Å². The summed E-state index contributed by atoms with van der Waals surface area (Å²) >= 11 is 0. The predicted octanol–water partition coefficient (Wildman–Crippen LogP) is 3.75. The number of benzene rings is 2. The van der Waals surface area contributed by atoms with Crippen LogP contribution in [-0.4, -0.2) is 38.6 Å². The molecule has 10 heteroatoms. The van der Waals surface area contributed by atoms with Crippen molar-refractivity contribution in [3.8, 4) is 5.75 Å². The first kappa shape index (κ1) is 24.6. The molecule has 1 aliphatic heterocycles. The number of nitrogens with one attached hydrogen (secondary N) is 1. The van der Waals surface area contributed by atoms with Crippen LogP contribution >= 0.6 is 0 Å². The third-order valence-electron chi connectivity index (χ3n) is 5.55. The van der Waals surface area contributed by atoms with Gasteiger partial charge in [0, 0.05) is 17.7 Å². The number of nitrogens with zero attached hydrogens (tertiary/aromatic N) is 1. The van der Waals surface area contributed by atoms with E-state index in [2.05, 4.69) is 10.1 Å². The number of carbonyl (C=O) groups is 2. The quantitative estimate of drug-likeness (QED) is 0.534. The summed E-state index contributed by atoms with van der Waals surface area (Å²) in [6, 6.07) is 10.1. The van der Waals surface area contributed by atoms with Crippen LogP contribution in [0.2, 0.25) is 0 Å². The minimum absolute atomic E-state index is 0.0729. The maximum atomic E-state index is 13.3. The van der Waals surface area contributed by atoms with E-state index in [4.69, 9.17) is 0 Å². The first-order valence-corrected chi connectivity index (χ1v) is 11.9. The van der Waals surface area contributed by atoms with Gasteiger partial charge >= 0.3 is 6.61 Å². The Morgan fingerprint density at radius 3 is 2.55 bits per heavy atom. The summed E-state index contributed by atoms with van der Waals surface area (Å²) in [6.07, 6.45) is 1.23. The lowest BCUT2D eigenvalue weighted by molar-refractivity contribution is -0.121. The third kappa shape index (κ3) is 5.32. The average molecular weight is 481 g/mol. The fourth-order valence-corrected chi connectivity index (χ4v) is 4.57. The van der Waals surface area contributed by atoms with Crippen LogP contribution in [0.4, 0.5) is 20.2 Å². The number of rotatable bonds is 9. The number of anilines is 2. The van der Waals surface area contributed by atoms with Crippen LogP contribution in [0.25, 0.3) is 0 Å². The highest BCUT2D eigenvalue weighted by Crippen LogP contribution is 2.46. The van der Waals surface area contributed by atoms with Crippen LogP contribution in [-0.2, 0) is 20.9 Å². The number of amides is 2. The molecule has 1 heterocycles. The molecule has 178 valence electrons. The Labute approximate surface area is 192 Å². The van der Waals surface area contributed by atoms with Gasteiger partial charge in [-0.15, -0.1) is 0 Å². The zero-order valence-corrected chi connectivity index (χ0v) is 19.4. The zero-order valence-electron chi connectivity index (χ0n) is 18.5. The summed E-state index contributed by atoms with van der Waals surface area (Å²) in [5.74, 6) is -0.927. The first-order valence-electron chi connectivity index (χ1n) is 10.5. The number of fused-ring (bicyclic) bond motifs is 1. The van der Waals surface area contributed by atoms with Gasteiger partial charge in [0.2, 0.25) is 5.91 Å². The van der Waals surface area contributed by atoms with E-state index < -0.39 is 34.7 Å². The van der Waals surface area contributed by atoms with E-state index in [-0.39, 0.29) is 17.4 Å². The molecule has 3 rings (SSSR count). The summed E-state index contributed by atoms with van der Waals surface area (Å²) in [5, 5.41) is 2.76. The van der Waals surface area contributed by atoms with Crippen molar-refractivity contribution in [1.29, 1.82) is 0 Å². The summed E-state index contributed by atoms with van der Waals surface area (Å²) in [7, 11) is -2.64. The normalized spacial score (nSPS) is 15.6. The van der Waals surface area contributed by atoms with Crippen LogP contribution < -0.4 is 15.0 Å². The second-order valence-corrected chi connectivity index (χ2v) is 9.38. The minimum Gasteiger partial charge on any atom is -0.435 e. The van der Waals surface area contributed by atoms with Gasteiger partial charge in [-0.1, -0.05) is 19.4 Å². The highest BCUT2D eigenvalue weighted by molar-refractivity contribution is 7.72. The summed E-state index contributed by atoms with van der Waals surface area (Å²) < 4.78 is 51.9. The van der Waals surface area contributed by atoms with Gasteiger partial charge in [-0.2, -0.15) is 8.78 Å². The molecule has 2 amide bonds. The number of hydrogen-bond donors (Lipinski definition) is 2. The molecule has 1 atom stereocenters. The van der Waals surface area contributed by atoms with Gasteiger partial charge in [-0.3, -0.25) is 14.5 Å². The molecule has 2 aromatic carbocycles. The molecule has 1 unspecified atom stereocenters. The molecule has 0 saturated carbocycles. The van der Waals surface area contributed by atoms with E-state index in [1.165, 1.54) is 23.1 Å². The van der Waals surface area contributed by atoms with Crippen LogP contribution in [0.3, 0.4) is 0 Å². The molecule has 0 radical (unpaired) electrons. The highest BCUT2D eigenvalue weighted by Gasteiger charge is 2.45. The molecule has 0 fully saturated rings. The molecule has 1 aliphatic rings. The Kier molecular flexibility index (Phi) is 7.36. The lowest BCUT2D eigenvalue weighted by Gasteiger charge is -2.21. The summed E-state index contributed by atoms with van der Waals surface area (Å²) in [6.45, 7) is 2.35. The molecule has 0 saturated heterocycles. The Hall–Kier alpha value is -3.01. The Morgan fingerprint density at radius 1 is 1.18 bits per heavy atom. The van der Waals surface area contributed by atoms with E-state index in [0.29, 0.717) is 35.3 Å². The molecule has 33 heavy (non-hydrogen) atoms. The molecular weight excluding hydrogens is 454 g/mol. The largest absolute Gasteiger partial charge is 0.435 e. The number of ether oxygens (including phenoxy) is 1. The summed E-state index contributed by atoms with van der Waals surface area (Å²) in [4.78, 5) is 27.5. The second-order valence-electron chi connectivity index (χ2n) is 8.35. The van der Waals surface area contributed by atoms with Crippen molar-refractivity contribution in [3.05, 3.63) is 53.6 Å². The molecule has 2 aromatic rings. The van der Waals surface area contributed by atoms with E-state index in [0.717, 1.165) is 0 Å². The number of halogens is 2. The Balaban J connectivity index is 1.94. The first-order chi connectivity index (χ1) is 15.5. The number of hydrogen-bond acceptors (Lipinski definition) is 5. The van der Waals surface area contributed by atoms with E-state index >= 15 is 0 Å². The van der Waals surface area contributed by atoms with Gasteiger partial charge in [0.05, 0.1) is 22.5 Å². The van der Waals surface area contributed by atoms with Gasteiger partial charge in [0.1, 0.15) is 16.5 Å². The van der Waals surface area contributed by atoms with E-state index in [9.17, 15) is 26.8 Å². The maximum Gasteiger partial charge on any atom is 0.387 e. The molecular formula is C23H26F2N2O5S. The number of alkyl halides is 2. The van der Waals surface area contributed by atoms with Gasteiger partial charge in [-0.05, 0) is 56.2 Å². The van der Waals surface area contributed by atoms with Crippen LogP contribution in [0.15, 0.2) is 42.5 Å². The number of thiol groups is 1. The molecule has 7 nitrogen and oxygen atoms in total. The number of carbonyl (C=O) groups excluding carboxylic acids is 2. The van der Waals surface area contributed by atoms with Crippen LogP contribution in [0.5, 0.6) is 5.75 Å². The fraction of sp³-hybridized carbons (Fsp3) is 0.391. The fourth-order valence-electron chi connectivity index (χ4n) is 3.94. The van der Waals surface area contributed by atoms with Crippen LogP contribution in [0, 0.1) is 0 Å². The van der Waals surface area contributed by atoms with E-state index in [1.54, 1.807) is 38.1 Å². The van der Waals surface area contributed by atoms with Gasteiger partial charge in [0.15, 0.2) is 0 Å². The monoisotopic (exact) mass is 480 g/mol. The molecule has 1 N–H and O–H groups in total. The van der Waals surface area contributed by atoms with Crippen molar-refractivity contribution in [1.82, 2.24) is 5.32 Å². The molecule has 0 aliphatic carbocycles. The highest BCUT2D eigenvalue weighted by atomic mass is 32.2. The lowest BCUT2D eigenvalue weighted by atomic mass is 9.85. The van der Waals surface area contributed by atoms with Crippen LogP contribution in [0.1, 0.15) is 49.5 Å². The average Bonchev–Trinajstić information content (AvgIpc) is 2.93. The maximum absolute atomic E-state index is 13.3. The summed E-state index contributed by atoms with van der Waals surface area (Å²) in [5.41, 5.74) is 0.815. The van der Waals surface area contributed by atoms with Gasteiger partial charge in [0.25, 0.3) is 5.91 Å². The SMILES string of the molecule is CCCC(C[SH](=O)=O)NC(=O)c1ccc2c(c1)C(C)(C)C(=O)N2c1cccc(OC(F)F)c1. The van der Waals surface area contributed by atoms with Gasteiger partial charge in [-0.25, -0.2) is 8.42 Å². The minimum atomic E-state index is -2.99. The smallest absolute Gasteiger partial charge is 0.387 e. The Bertz CT molecular complexity index is 1130. The Morgan fingerprint density at radius 2 is 1.91 bits per heavy atom. The van der Waals surface area contributed by atoms with Crippen molar-refractivity contribution >= 4 is 33.9 Å². The zero-order chi connectivity index (χ0) is 24.3. The van der Waals surface area contributed by atoms with Crippen molar-refractivity contribution < 1.29 is 31.5 Å². The van der Waals surface area contributed by atoms with Crippen molar-refractivity contribution in [2.45, 2.75) is 51.7 Å². The topological polar surface area (TPSA) is 92.8 Å². The standard InChI is InChI=1S/C23H26F2N2O5S/c1-4-6-15(13-33(30)31)26-20(28)14-9-10-19-18(11-14)23(2,3)21(29)27(19)16-7-5-8-17(12-16)32-22(24)25/h5,7-12,15,22,33H,4,6,13H2,1-3H3,(H,26,28).